The third-order valence-electron chi connectivity index (χ3n) is 5.10. The van der Waals surface area contributed by atoms with Gasteiger partial charge in [-0.2, -0.15) is 13.2 Å². The summed E-state index contributed by atoms with van der Waals surface area (Å²) < 4.78 is 44.4. The predicted octanol–water partition coefficient (Wildman–Crippen LogP) is 2.93. The number of carbonyl (C=O) groups is 3. The lowest BCUT2D eigenvalue weighted by molar-refractivity contribution is -0.174. The van der Waals surface area contributed by atoms with E-state index >= 15 is 0 Å². The summed E-state index contributed by atoms with van der Waals surface area (Å²) in [6, 6.07) is 4.59. The van der Waals surface area contributed by atoms with Gasteiger partial charge >= 0.3 is 12.1 Å². The van der Waals surface area contributed by atoms with Crippen molar-refractivity contribution < 1.29 is 32.3 Å². The molecule has 0 aliphatic rings. The molecule has 176 valence electrons. The van der Waals surface area contributed by atoms with Gasteiger partial charge in [0.15, 0.2) is 0 Å². The molecule has 0 fully saturated rings. The summed E-state index contributed by atoms with van der Waals surface area (Å²) in [6.07, 6.45) is -3.75. The second-order valence-electron chi connectivity index (χ2n) is 7.79. The molecule has 2 N–H and O–H groups in total. The maximum Gasteiger partial charge on any atom is 0.452 e. The molecule has 2 heterocycles. The molecule has 0 saturated carbocycles. The van der Waals surface area contributed by atoms with Crippen LogP contribution in [0.25, 0.3) is 21.8 Å². The number of nitrogens with zero attached hydrogens (tertiary/aromatic N) is 1. The number of ketones is 1. The van der Waals surface area contributed by atoms with E-state index in [2.05, 4.69) is 10.3 Å². The van der Waals surface area contributed by atoms with E-state index in [-0.39, 0.29) is 12.1 Å². The Kier molecular flexibility index (Phi) is 6.61. The van der Waals surface area contributed by atoms with Gasteiger partial charge in [-0.25, -0.2) is 4.79 Å². The minimum Gasteiger partial charge on any atom is -0.462 e. The fourth-order valence-electron chi connectivity index (χ4n) is 3.49. The van der Waals surface area contributed by atoms with Gasteiger partial charge in [0.1, 0.15) is 12.1 Å². The van der Waals surface area contributed by atoms with Crippen LogP contribution in [0.1, 0.15) is 31.1 Å². The Bertz CT molecular complexity index is 1290. The number of aromatic nitrogens is 2. The largest absolute Gasteiger partial charge is 0.462 e. The van der Waals surface area contributed by atoms with Crippen molar-refractivity contribution in [3.8, 4) is 0 Å². The zero-order chi connectivity index (χ0) is 24.5. The maximum absolute atomic E-state index is 12.9. The molecule has 11 heteroatoms. The van der Waals surface area contributed by atoms with Gasteiger partial charge in [0.25, 0.3) is 11.3 Å². The Labute approximate surface area is 185 Å². The summed E-state index contributed by atoms with van der Waals surface area (Å²) in [7, 11) is 0. The van der Waals surface area contributed by atoms with Crippen LogP contribution in [0, 0.1) is 5.92 Å². The fourth-order valence-corrected chi connectivity index (χ4v) is 3.49. The number of alkyl halides is 3. The van der Waals surface area contributed by atoms with Gasteiger partial charge in [0, 0.05) is 22.5 Å². The van der Waals surface area contributed by atoms with Crippen molar-refractivity contribution in [3.05, 3.63) is 46.4 Å². The van der Waals surface area contributed by atoms with Crippen molar-refractivity contribution in [2.45, 2.75) is 39.5 Å². The number of nitrogens with one attached hydrogen (secondary N) is 2. The highest BCUT2D eigenvalue weighted by Gasteiger charge is 2.44. The lowest BCUT2D eigenvalue weighted by atomic mass is 9.99. The van der Waals surface area contributed by atoms with E-state index in [1.54, 1.807) is 31.2 Å². The first-order valence-electron chi connectivity index (χ1n) is 10.2. The number of amides is 1. The highest BCUT2D eigenvalue weighted by atomic mass is 19.4. The zero-order valence-electron chi connectivity index (χ0n) is 18.1. The zero-order valence-corrected chi connectivity index (χ0v) is 18.1. The number of aromatic amines is 1. The highest BCUT2D eigenvalue weighted by molar-refractivity contribution is 6.08. The van der Waals surface area contributed by atoms with Gasteiger partial charge in [-0.1, -0.05) is 19.9 Å². The Morgan fingerprint density at radius 1 is 1.15 bits per heavy atom. The molecule has 3 aromatic rings. The van der Waals surface area contributed by atoms with E-state index in [4.69, 9.17) is 4.74 Å². The van der Waals surface area contributed by atoms with Crippen molar-refractivity contribution in [3.63, 3.8) is 0 Å². The molecule has 0 aliphatic heterocycles. The number of esters is 1. The van der Waals surface area contributed by atoms with E-state index in [1.165, 1.54) is 20.0 Å². The number of fused-ring (bicyclic) bond motifs is 3. The molecule has 0 radical (unpaired) electrons. The third kappa shape index (κ3) is 4.91. The van der Waals surface area contributed by atoms with Gasteiger partial charge in [0.2, 0.25) is 5.91 Å². The number of Topliss-reactive ketones (excluding diaryl/α,β-unsaturated/α-hetero) is 1. The maximum atomic E-state index is 12.9. The molecule has 0 saturated heterocycles. The SMILES string of the molecule is CCOC(=O)c1ccc2c(c1)[nH]c1c(=O)n(CC(=O)NC(C(=O)C(F)(F)F)C(C)C)ccc12. The standard InChI is InChI=1S/C22H22F3N3O5/c1-4-33-21(32)12-5-6-13-14-7-8-28(20(31)18(14)26-15(13)9-12)10-16(29)27-17(11(2)3)19(30)22(23,24)25/h5-9,11,17,26H,4,10H2,1-3H3,(H,27,29). The third-order valence-corrected chi connectivity index (χ3v) is 5.10. The molecule has 1 aromatic carbocycles. The molecule has 8 nitrogen and oxygen atoms in total. The molecule has 1 atom stereocenters. The minimum atomic E-state index is -5.09. The molecular formula is C22H22F3N3O5. The van der Waals surface area contributed by atoms with Gasteiger partial charge < -0.3 is 19.6 Å². The second-order valence-corrected chi connectivity index (χ2v) is 7.79. The van der Waals surface area contributed by atoms with Crippen molar-refractivity contribution in [2.75, 3.05) is 6.61 Å². The van der Waals surface area contributed by atoms with Crippen LogP contribution in [0.4, 0.5) is 13.2 Å². The molecule has 33 heavy (non-hydrogen) atoms. The smallest absolute Gasteiger partial charge is 0.452 e. The lowest BCUT2D eigenvalue weighted by Gasteiger charge is -2.22. The Balaban J connectivity index is 1.89. The van der Waals surface area contributed by atoms with Crippen LogP contribution in [0.2, 0.25) is 0 Å². The normalized spacial score (nSPS) is 12.8. The quantitative estimate of drug-likeness (QED) is 0.522. The van der Waals surface area contributed by atoms with Crippen molar-refractivity contribution >= 4 is 39.5 Å². The van der Waals surface area contributed by atoms with Gasteiger partial charge in [0.05, 0.1) is 18.2 Å². The first-order valence-corrected chi connectivity index (χ1v) is 10.2. The highest BCUT2D eigenvalue weighted by Crippen LogP contribution is 2.25. The summed E-state index contributed by atoms with van der Waals surface area (Å²) in [6.45, 7) is 4.07. The number of H-pyrrole nitrogens is 1. The topological polar surface area (TPSA) is 110 Å². The number of pyridine rings is 1. The van der Waals surface area contributed by atoms with E-state index < -0.39 is 47.9 Å². The number of benzene rings is 1. The van der Waals surface area contributed by atoms with Crippen LogP contribution in [-0.2, 0) is 20.9 Å². The molecule has 0 aliphatic carbocycles. The van der Waals surface area contributed by atoms with E-state index in [1.807, 2.05) is 0 Å². The summed E-state index contributed by atoms with van der Waals surface area (Å²) >= 11 is 0. The number of ether oxygens (including phenoxy) is 1. The van der Waals surface area contributed by atoms with Gasteiger partial charge in [-0.05, 0) is 31.0 Å². The molecule has 0 spiro atoms. The van der Waals surface area contributed by atoms with Crippen LogP contribution in [-0.4, -0.2) is 46.0 Å². The van der Waals surface area contributed by atoms with Crippen LogP contribution in [0.5, 0.6) is 0 Å². The molecule has 3 rings (SSSR count). The van der Waals surface area contributed by atoms with Crippen LogP contribution >= 0.6 is 0 Å². The van der Waals surface area contributed by atoms with Gasteiger partial charge in [-0.15, -0.1) is 0 Å². The molecule has 0 bridgehead atoms. The summed E-state index contributed by atoms with van der Waals surface area (Å²) in [5, 5.41) is 3.29. The minimum absolute atomic E-state index is 0.160. The number of carbonyl (C=O) groups excluding carboxylic acids is 3. The van der Waals surface area contributed by atoms with Crippen LogP contribution in [0.3, 0.4) is 0 Å². The van der Waals surface area contributed by atoms with Crippen molar-refractivity contribution in [1.29, 1.82) is 0 Å². The summed E-state index contributed by atoms with van der Waals surface area (Å²) in [5.41, 5.74) is 0.378. The average Bonchev–Trinajstić information content (AvgIpc) is 3.11. The first-order chi connectivity index (χ1) is 15.4. The van der Waals surface area contributed by atoms with E-state index in [0.717, 1.165) is 4.57 Å². The molecule has 1 unspecified atom stereocenters. The first kappa shape index (κ1) is 24.0. The summed E-state index contributed by atoms with van der Waals surface area (Å²) in [5.74, 6) is -4.28. The molecule has 1 amide bonds. The van der Waals surface area contributed by atoms with Crippen molar-refractivity contribution in [1.82, 2.24) is 14.9 Å². The van der Waals surface area contributed by atoms with Crippen LogP contribution in [0.15, 0.2) is 35.3 Å². The van der Waals surface area contributed by atoms with E-state index in [0.29, 0.717) is 21.9 Å². The fraction of sp³-hybridized carbons (Fsp3) is 0.364. The summed E-state index contributed by atoms with van der Waals surface area (Å²) in [4.78, 5) is 51.7. The molecule has 2 aromatic heterocycles. The lowest BCUT2D eigenvalue weighted by Crippen LogP contribution is -2.50. The number of hydrogen-bond donors (Lipinski definition) is 2. The Morgan fingerprint density at radius 3 is 2.45 bits per heavy atom. The number of halogens is 3. The van der Waals surface area contributed by atoms with Crippen molar-refractivity contribution in [2.24, 2.45) is 5.92 Å². The number of rotatable bonds is 7. The second kappa shape index (κ2) is 9.08. The van der Waals surface area contributed by atoms with E-state index in [9.17, 15) is 32.3 Å². The number of hydrogen-bond acceptors (Lipinski definition) is 5. The monoisotopic (exact) mass is 465 g/mol. The predicted molar refractivity (Wildman–Crippen MR) is 114 cm³/mol. The average molecular weight is 465 g/mol. The van der Waals surface area contributed by atoms with Gasteiger partial charge in [-0.3, -0.25) is 14.4 Å². The molecular weight excluding hydrogens is 443 g/mol. The Hall–Kier alpha value is -3.63. The van der Waals surface area contributed by atoms with Crippen LogP contribution < -0.4 is 10.9 Å². The Morgan fingerprint density at radius 2 is 1.85 bits per heavy atom.